The molecule has 0 aliphatic carbocycles. The van der Waals surface area contributed by atoms with E-state index in [1.807, 2.05) is 26.9 Å². The highest BCUT2D eigenvalue weighted by Gasteiger charge is 2.26. The van der Waals surface area contributed by atoms with Crippen LogP contribution >= 0.6 is 0 Å². The molecule has 1 rings (SSSR count). The number of nitrogens with zero attached hydrogens (tertiary/aromatic N) is 1. The molecule has 1 N–H and O–H groups in total. The molecule has 0 unspecified atom stereocenters. The second-order valence-electron chi connectivity index (χ2n) is 5.00. The number of hydrogen-bond acceptors (Lipinski definition) is 3. The van der Waals surface area contributed by atoms with Crippen LogP contribution in [0.2, 0.25) is 0 Å². The molecule has 1 heterocycles. The quantitative estimate of drug-likeness (QED) is 0.641. The van der Waals surface area contributed by atoms with Crippen molar-refractivity contribution in [3.63, 3.8) is 0 Å². The fraction of sp³-hybridized carbons (Fsp3) is 0.750. The number of aliphatic hydroxyl groups excluding tert-OH is 1. The van der Waals surface area contributed by atoms with Crippen LogP contribution in [-0.2, 0) is 4.74 Å². The molecule has 1 aliphatic heterocycles. The third-order valence-electron chi connectivity index (χ3n) is 2.42. The Morgan fingerprint density at radius 1 is 1.38 bits per heavy atom. The van der Waals surface area contributed by atoms with Gasteiger partial charge >= 0.3 is 6.09 Å². The molecule has 0 bridgehead atoms. The Morgan fingerprint density at radius 2 is 1.94 bits per heavy atom. The van der Waals surface area contributed by atoms with E-state index in [1.54, 1.807) is 4.90 Å². The molecule has 4 heteroatoms. The normalized spacial score (nSPS) is 17.6. The zero-order chi connectivity index (χ0) is 12.2. The van der Waals surface area contributed by atoms with Crippen LogP contribution in [0, 0.1) is 17.9 Å². The number of hydrogen-bond donors (Lipinski definition) is 1. The van der Waals surface area contributed by atoms with Crippen molar-refractivity contribution in [2.24, 2.45) is 5.92 Å². The number of likely N-dealkylation sites (tertiary alicyclic amines) is 1. The summed E-state index contributed by atoms with van der Waals surface area (Å²) in [5, 5.41) is 8.48. The minimum absolute atomic E-state index is 0.198. The molecular formula is C12H19NO3. The average molecular weight is 225 g/mol. The summed E-state index contributed by atoms with van der Waals surface area (Å²) in [6.07, 6.45) is 3.27. The Morgan fingerprint density at radius 3 is 2.38 bits per heavy atom. The largest absolute Gasteiger partial charge is 0.462 e. The molecule has 0 aromatic carbocycles. The van der Waals surface area contributed by atoms with Gasteiger partial charge in [0.25, 0.3) is 0 Å². The predicted molar refractivity (Wildman–Crippen MR) is 60.2 cm³/mol. The lowest BCUT2D eigenvalue weighted by Crippen LogP contribution is -2.41. The van der Waals surface area contributed by atoms with Gasteiger partial charge in [-0.3, -0.25) is 0 Å². The lowest BCUT2D eigenvalue weighted by molar-refractivity contribution is 0.0199. The first-order valence-electron chi connectivity index (χ1n) is 5.55. The number of rotatable bonds is 0. The molecule has 0 aromatic rings. The summed E-state index contributed by atoms with van der Waals surface area (Å²) >= 11 is 0. The first kappa shape index (κ1) is 12.7. The van der Waals surface area contributed by atoms with Crippen molar-refractivity contribution in [2.75, 3.05) is 13.1 Å². The number of carbonyl (C=O) groups is 1. The van der Waals surface area contributed by atoms with Crippen LogP contribution in [0.3, 0.4) is 0 Å². The van der Waals surface area contributed by atoms with Gasteiger partial charge in [-0.05, 0) is 33.6 Å². The van der Waals surface area contributed by atoms with Gasteiger partial charge in [-0.2, -0.15) is 0 Å². The van der Waals surface area contributed by atoms with Gasteiger partial charge in [-0.1, -0.05) is 5.92 Å². The molecule has 0 saturated carbocycles. The highest BCUT2D eigenvalue weighted by Crippen LogP contribution is 2.18. The number of carbonyl (C=O) groups excluding carboxylic acids is 1. The van der Waals surface area contributed by atoms with Crippen molar-refractivity contribution in [3.05, 3.63) is 0 Å². The number of amides is 1. The van der Waals surface area contributed by atoms with Gasteiger partial charge in [0.2, 0.25) is 0 Å². The maximum atomic E-state index is 11.7. The van der Waals surface area contributed by atoms with Crippen LogP contribution < -0.4 is 0 Å². The summed E-state index contributed by atoms with van der Waals surface area (Å²) in [6, 6.07) is 0. The molecule has 0 atom stereocenters. The Hall–Kier alpha value is -1.37. The van der Waals surface area contributed by atoms with Gasteiger partial charge < -0.3 is 14.7 Å². The lowest BCUT2D eigenvalue weighted by atomic mass is 9.98. The van der Waals surface area contributed by atoms with Gasteiger partial charge in [-0.25, -0.2) is 4.79 Å². The molecular weight excluding hydrogens is 206 g/mol. The van der Waals surface area contributed by atoms with Crippen LogP contribution in [-0.4, -0.2) is 34.8 Å². The molecule has 1 amide bonds. The maximum absolute atomic E-state index is 11.7. The smallest absolute Gasteiger partial charge is 0.410 e. The van der Waals surface area contributed by atoms with Gasteiger partial charge in [0, 0.05) is 19.0 Å². The average Bonchev–Trinajstić information content (AvgIpc) is 2.16. The van der Waals surface area contributed by atoms with Crippen LogP contribution in [0.1, 0.15) is 33.6 Å². The van der Waals surface area contributed by atoms with Crippen LogP contribution in [0.5, 0.6) is 0 Å². The fourth-order valence-corrected chi connectivity index (χ4v) is 1.62. The minimum atomic E-state index is -0.446. The molecule has 1 aliphatic rings. The SMILES string of the molecule is CC(C)(C)OC(=O)N1CCC(C#CO)CC1. The third-order valence-corrected chi connectivity index (χ3v) is 2.42. The second-order valence-corrected chi connectivity index (χ2v) is 5.00. The highest BCUT2D eigenvalue weighted by molar-refractivity contribution is 5.68. The molecule has 4 nitrogen and oxygen atoms in total. The van der Waals surface area contributed by atoms with E-state index in [1.165, 1.54) is 0 Å². The van der Waals surface area contributed by atoms with Gasteiger partial charge in [0.15, 0.2) is 0 Å². The number of piperidine rings is 1. The van der Waals surface area contributed by atoms with E-state index in [0.717, 1.165) is 12.8 Å². The Labute approximate surface area is 96.6 Å². The van der Waals surface area contributed by atoms with Crippen molar-refractivity contribution in [2.45, 2.75) is 39.2 Å². The van der Waals surface area contributed by atoms with Gasteiger partial charge in [0.05, 0.1) is 0 Å². The highest BCUT2D eigenvalue weighted by atomic mass is 16.6. The van der Waals surface area contributed by atoms with Gasteiger partial charge in [-0.15, -0.1) is 0 Å². The van der Waals surface area contributed by atoms with E-state index in [2.05, 4.69) is 5.92 Å². The summed E-state index contributed by atoms with van der Waals surface area (Å²) in [5.74, 6) is 2.92. The van der Waals surface area contributed by atoms with Crippen molar-refractivity contribution >= 4 is 6.09 Å². The summed E-state index contributed by atoms with van der Waals surface area (Å²) in [7, 11) is 0. The van der Waals surface area contributed by atoms with E-state index in [-0.39, 0.29) is 12.0 Å². The fourth-order valence-electron chi connectivity index (χ4n) is 1.62. The van der Waals surface area contributed by atoms with Crippen LogP contribution in [0.15, 0.2) is 0 Å². The van der Waals surface area contributed by atoms with E-state index < -0.39 is 5.60 Å². The van der Waals surface area contributed by atoms with Crippen LogP contribution in [0.4, 0.5) is 4.79 Å². The number of aliphatic hydroxyl groups is 1. The summed E-state index contributed by atoms with van der Waals surface area (Å²) < 4.78 is 5.27. The number of ether oxygens (including phenoxy) is 1. The Kier molecular flexibility index (Phi) is 4.05. The van der Waals surface area contributed by atoms with Crippen molar-refractivity contribution < 1.29 is 14.6 Å². The monoisotopic (exact) mass is 225 g/mol. The summed E-state index contributed by atoms with van der Waals surface area (Å²) in [5.41, 5.74) is -0.446. The molecule has 90 valence electrons. The van der Waals surface area contributed by atoms with E-state index in [9.17, 15) is 4.79 Å². The van der Waals surface area contributed by atoms with Crippen molar-refractivity contribution in [3.8, 4) is 12.0 Å². The van der Waals surface area contributed by atoms with E-state index in [4.69, 9.17) is 9.84 Å². The van der Waals surface area contributed by atoms with Crippen molar-refractivity contribution in [1.82, 2.24) is 4.90 Å². The lowest BCUT2D eigenvalue weighted by Gasteiger charge is -2.31. The topological polar surface area (TPSA) is 49.8 Å². The third kappa shape index (κ3) is 4.01. The molecule has 0 spiro atoms. The molecule has 0 radical (unpaired) electrons. The van der Waals surface area contributed by atoms with E-state index >= 15 is 0 Å². The first-order chi connectivity index (χ1) is 7.42. The Bertz CT molecular complexity index is 300. The van der Waals surface area contributed by atoms with E-state index in [0.29, 0.717) is 13.1 Å². The zero-order valence-corrected chi connectivity index (χ0v) is 10.1. The summed E-state index contributed by atoms with van der Waals surface area (Å²) in [4.78, 5) is 13.4. The van der Waals surface area contributed by atoms with Crippen molar-refractivity contribution in [1.29, 1.82) is 0 Å². The molecule has 1 saturated heterocycles. The second kappa shape index (κ2) is 5.11. The zero-order valence-electron chi connectivity index (χ0n) is 10.1. The predicted octanol–water partition coefficient (Wildman–Crippen LogP) is 1.97. The molecule has 1 fully saturated rings. The maximum Gasteiger partial charge on any atom is 0.410 e. The standard InChI is InChI=1S/C12H19NO3/c1-12(2,3)16-11(15)13-7-4-10(5-8-13)6-9-14/h10,14H,4-5,7-8H2,1-3H3. The van der Waals surface area contributed by atoms with Crippen LogP contribution in [0.25, 0.3) is 0 Å². The minimum Gasteiger partial charge on any atom is -0.462 e. The summed E-state index contributed by atoms with van der Waals surface area (Å²) in [6.45, 7) is 6.86. The molecule has 0 aromatic heterocycles. The molecule has 16 heavy (non-hydrogen) atoms. The first-order valence-corrected chi connectivity index (χ1v) is 5.55. The van der Waals surface area contributed by atoms with Gasteiger partial charge in [0.1, 0.15) is 11.7 Å². The Balaban J connectivity index is 2.41.